The van der Waals surface area contributed by atoms with Crippen LogP contribution in [0.5, 0.6) is 0 Å². The second-order valence-electron chi connectivity index (χ2n) is 5.74. The summed E-state index contributed by atoms with van der Waals surface area (Å²) in [4.78, 5) is 83.1. The lowest BCUT2D eigenvalue weighted by atomic mass is 9.94. The number of Topliss-reactive ketones (excluding diaryl/α,β-unsaturated/α-hetero) is 8. The lowest BCUT2D eigenvalue weighted by molar-refractivity contribution is -0.145. The summed E-state index contributed by atoms with van der Waals surface area (Å²) in [6, 6.07) is 0. The Morgan fingerprint density at radius 1 is 0.500 bits per heavy atom. The summed E-state index contributed by atoms with van der Waals surface area (Å²) in [5.74, 6) is -4.48. The minimum atomic E-state index is -1.39. The zero-order valence-electron chi connectivity index (χ0n) is 16.3. The maximum absolute atomic E-state index is 10.9. The van der Waals surface area contributed by atoms with Crippen LogP contribution in [-0.2, 0) is 38.4 Å². The Morgan fingerprint density at radius 2 is 0.731 bits per heavy atom. The summed E-state index contributed by atoms with van der Waals surface area (Å²) in [6.07, 6.45) is 0.167. The SMILES string of the molecule is CC(=O)C(=O)C(C(C)=O)C(C)=O.CC(=O)CC(C)=O.CC(=O)CC(C)=O. The van der Waals surface area contributed by atoms with Crippen LogP contribution in [0.1, 0.15) is 61.3 Å². The van der Waals surface area contributed by atoms with Gasteiger partial charge in [0.15, 0.2) is 5.78 Å². The van der Waals surface area contributed by atoms with Gasteiger partial charge in [-0.2, -0.15) is 0 Å². The van der Waals surface area contributed by atoms with Gasteiger partial charge in [-0.05, 0) is 41.5 Å². The van der Waals surface area contributed by atoms with E-state index in [0.717, 1.165) is 20.8 Å². The Bertz CT molecular complexity index is 534. The highest BCUT2D eigenvalue weighted by molar-refractivity contribution is 6.45. The molecule has 26 heavy (non-hydrogen) atoms. The van der Waals surface area contributed by atoms with Gasteiger partial charge < -0.3 is 0 Å². The van der Waals surface area contributed by atoms with Crippen LogP contribution in [0, 0.1) is 5.92 Å². The Labute approximate surface area is 152 Å². The standard InChI is InChI=1S/C8H10O4.2C5H8O2/c1-4(9)7(5(2)10)8(12)6(3)11;2*1-4(6)3-5(2)7/h7H,1-3H3;2*3H2,1-2H3. The van der Waals surface area contributed by atoms with E-state index < -0.39 is 29.1 Å². The summed E-state index contributed by atoms with van der Waals surface area (Å²) in [5, 5.41) is 0. The van der Waals surface area contributed by atoms with Crippen LogP contribution in [0.3, 0.4) is 0 Å². The van der Waals surface area contributed by atoms with Crippen LogP contribution in [0.25, 0.3) is 0 Å². The minimum Gasteiger partial charge on any atom is -0.300 e. The second kappa shape index (κ2) is 14.7. The zero-order chi connectivity index (χ0) is 21.6. The van der Waals surface area contributed by atoms with E-state index in [2.05, 4.69) is 0 Å². The first kappa shape index (κ1) is 28.2. The Morgan fingerprint density at radius 3 is 0.769 bits per heavy atom. The fourth-order valence-electron chi connectivity index (χ4n) is 1.56. The van der Waals surface area contributed by atoms with E-state index >= 15 is 0 Å². The molecule has 0 aliphatic heterocycles. The van der Waals surface area contributed by atoms with Gasteiger partial charge in [-0.25, -0.2) is 0 Å². The molecule has 0 spiro atoms. The summed E-state index contributed by atoms with van der Waals surface area (Å²) in [7, 11) is 0. The van der Waals surface area contributed by atoms with Crippen LogP contribution in [-0.4, -0.2) is 46.3 Å². The molecule has 146 valence electrons. The topological polar surface area (TPSA) is 137 Å². The van der Waals surface area contributed by atoms with E-state index in [4.69, 9.17) is 0 Å². The molecule has 8 nitrogen and oxygen atoms in total. The first-order valence-electron chi connectivity index (χ1n) is 7.66. The molecule has 0 saturated heterocycles. The van der Waals surface area contributed by atoms with Crippen molar-refractivity contribution in [1.82, 2.24) is 0 Å². The number of ketones is 8. The molecule has 0 bridgehead atoms. The van der Waals surface area contributed by atoms with Crippen molar-refractivity contribution in [2.75, 3.05) is 0 Å². The van der Waals surface area contributed by atoms with Crippen molar-refractivity contribution in [2.45, 2.75) is 61.3 Å². The van der Waals surface area contributed by atoms with E-state index in [1.54, 1.807) is 0 Å². The molecule has 0 aromatic carbocycles. The highest BCUT2D eigenvalue weighted by Gasteiger charge is 2.30. The Hall–Kier alpha value is -2.64. The molecule has 0 saturated carbocycles. The molecule has 0 aromatic heterocycles. The van der Waals surface area contributed by atoms with Gasteiger partial charge in [0.2, 0.25) is 5.78 Å². The maximum Gasteiger partial charge on any atom is 0.215 e. The van der Waals surface area contributed by atoms with Crippen molar-refractivity contribution in [1.29, 1.82) is 0 Å². The van der Waals surface area contributed by atoms with E-state index in [9.17, 15) is 38.4 Å². The highest BCUT2D eigenvalue weighted by Crippen LogP contribution is 2.02. The molecule has 0 heterocycles. The molecule has 8 heteroatoms. The molecule has 0 N–H and O–H groups in total. The van der Waals surface area contributed by atoms with Gasteiger partial charge in [-0.1, -0.05) is 0 Å². The second-order valence-corrected chi connectivity index (χ2v) is 5.74. The van der Waals surface area contributed by atoms with E-state index in [1.165, 1.54) is 27.7 Å². The smallest absolute Gasteiger partial charge is 0.215 e. The van der Waals surface area contributed by atoms with Gasteiger partial charge in [0.05, 0.1) is 12.8 Å². The van der Waals surface area contributed by atoms with Crippen LogP contribution in [0.2, 0.25) is 0 Å². The summed E-state index contributed by atoms with van der Waals surface area (Å²) in [5.41, 5.74) is 0. The first-order valence-corrected chi connectivity index (χ1v) is 7.66. The average Bonchev–Trinajstić information content (AvgIpc) is 2.35. The molecule has 0 fully saturated rings. The third-order valence-electron chi connectivity index (χ3n) is 2.42. The lowest BCUT2D eigenvalue weighted by Gasteiger charge is -2.04. The van der Waals surface area contributed by atoms with Crippen molar-refractivity contribution in [3.8, 4) is 0 Å². The van der Waals surface area contributed by atoms with Gasteiger partial charge >= 0.3 is 0 Å². The third-order valence-corrected chi connectivity index (χ3v) is 2.42. The van der Waals surface area contributed by atoms with Crippen molar-refractivity contribution in [3.05, 3.63) is 0 Å². The van der Waals surface area contributed by atoms with Crippen LogP contribution in [0.15, 0.2) is 0 Å². The van der Waals surface area contributed by atoms with Crippen LogP contribution >= 0.6 is 0 Å². The molecule has 0 radical (unpaired) electrons. The predicted molar refractivity (Wildman–Crippen MR) is 92.5 cm³/mol. The molecule has 0 amide bonds. The van der Waals surface area contributed by atoms with Crippen LogP contribution < -0.4 is 0 Å². The third kappa shape index (κ3) is 19.4. The molecule has 0 unspecified atom stereocenters. The normalized spacial score (nSPS) is 8.92. The number of hydrogen-bond acceptors (Lipinski definition) is 8. The predicted octanol–water partition coefficient (Wildman–Crippen LogP) is 1.05. The van der Waals surface area contributed by atoms with Gasteiger partial charge in [-0.15, -0.1) is 0 Å². The van der Waals surface area contributed by atoms with E-state index in [0.29, 0.717) is 0 Å². The van der Waals surface area contributed by atoms with E-state index in [1.807, 2.05) is 0 Å². The first-order chi connectivity index (χ1) is 11.6. The fraction of sp³-hybridized carbons (Fsp3) is 0.556. The molecule has 0 rings (SSSR count). The molecule has 0 aromatic rings. The number of rotatable bonds is 8. The fourth-order valence-corrected chi connectivity index (χ4v) is 1.56. The highest BCUT2D eigenvalue weighted by atomic mass is 16.2. The quantitative estimate of drug-likeness (QED) is 0.456. The largest absolute Gasteiger partial charge is 0.300 e. The summed E-state index contributed by atoms with van der Waals surface area (Å²) >= 11 is 0. The Balaban J connectivity index is -0.000000326. The average molecular weight is 370 g/mol. The minimum absolute atomic E-state index is 0.0625. The molecular formula is C18H26O8. The number of carbonyl (C=O) groups excluding carboxylic acids is 8. The molecule has 0 aliphatic carbocycles. The maximum atomic E-state index is 10.9. The van der Waals surface area contributed by atoms with Gasteiger partial charge in [0.1, 0.15) is 40.6 Å². The van der Waals surface area contributed by atoms with E-state index in [-0.39, 0.29) is 36.0 Å². The number of hydrogen-bond donors (Lipinski definition) is 0. The van der Waals surface area contributed by atoms with Crippen molar-refractivity contribution < 1.29 is 38.4 Å². The monoisotopic (exact) mass is 370 g/mol. The van der Waals surface area contributed by atoms with Gasteiger partial charge in [0, 0.05) is 6.92 Å². The lowest BCUT2D eigenvalue weighted by Crippen LogP contribution is -2.32. The van der Waals surface area contributed by atoms with Gasteiger partial charge in [0.25, 0.3) is 0 Å². The van der Waals surface area contributed by atoms with Crippen molar-refractivity contribution >= 4 is 46.3 Å². The zero-order valence-corrected chi connectivity index (χ0v) is 16.3. The van der Waals surface area contributed by atoms with Crippen molar-refractivity contribution in [2.24, 2.45) is 5.92 Å². The molecule has 0 atom stereocenters. The summed E-state index contributed by atoms with van der Waals surface area (Å²) < 4.78 is 0. The Kier molecular flexibility index (Phi) is 15.9. The molecule has 0 aliphatic rings. The van der Waals surface area contributed by atoms with Gasteiger partial charge in [-0.3, -0.25) is 38.4 Å². The van der Waals surface area contributed by atoms with Crippen molar-refractivity contribution in [3.63, 3.8) is 0 Å². The summed E-state index contributed by atoms with van der Waals surface area (Å²) in [6.45, 7) is 8.90. The number of carbonyl (C=O) groups is 8. The molecular weight excluding hydrogens is 344 g/mol. The van der Waals surface area contributed by atoms with Crippen LogP contribution in [0.4, 0.5) is 0 Å².